The normalized spacial score (nSPS) is 20.2. The van der Waals surface area contributed by atoms with Crippen molar-refractivity contribution in [3.63, 3.8) is 0 Å². The Bertz CT molecular complexity index is 532. The fourth-order valence-corrected chi connectivity index (χ4v) is 2.30. The molecule has 94 valence electrons. The van der Waals surface area contributed by atoms with Crippen molar-refractivity contribution in [2.24, 2.45) is 5.92 Å². The van der Waals surface area contributed by atoms with E-state index in [-0.39, 0.29) is 5.92 Å². The molecule has 0 aliphatic heterocycles. The molecule has 2 aromatic heterocycles. The van der Waals surface area contributed by atoms with Crippen molar-refractivity contribution in [1.82, 2.24) is 20.1 Å². The van der Waals surface area contributed by atoms with Gasteiger partial charge in [0.2, 0.25) is 11.7 Å². The minimum atomic E-state index is 0.0450. The SMILES string of the molecule is O=C1CCCCC1Cc1nc(-c2ncc[nH]2)no1. The highest BCUT2D eigenvalue weighted by Gasteiger charge is 2.25. The molecule has 18 heavy (non-hydrogen) atoms. The molecule has 1 saturated carbocycles. The zero-order chi connectivity index (χ0) is 12.4. The third kappa shape index (κ3) is 2.18. The molecule has 6 heteroatoms. The van der Waals surface area contributed by atoms with Crippen molar-refractivity contribution < 1.29 is 9.32 Å². The first-order valence-corrected chi connectivity index (χ1v) is 6.18. The van der Waals surface area contributed by atoms with Gasteiger partial charge in [0.15, 0.2) is 5.82 Å². The zero-order valence-electron chi connectivity index (χ0n) is 9.93. The summed E-state index contributed by atoms with van der Waals surface area (Å²) in [5, 5.41) is 3.86. The van der Waals surface area contributed by atoms with Crippen molar-refractivity contribution in [1.29, 1.82) is 0 Å². The van der Waals surface area contributed by atoms with E-state index in [1.54, 1.807) is 12.4 Å². The fraction of sp³-hybridized carbons (Fsp3) is 0.500. The summed E-state index contributed by atoms with van der Waals surface area (Å²) in [7, 11) is 0. The molecule has 0 bridgehead atoms. The highest BCUT2D eigenvalue weighted by atomic mass is 16.5. The first kappa shape index (κ1) is 11.1. The number of imidazole rings is 1. The monoisotopic (exact) mass is 246 g/mol. The van der Waals surface area contributed by atoms with Gasteiger partial charge in [0.25, 0.3) is 0 Å². The lowest BCUT2D eigenvalue weighted by Crippen LogP contribution is -2.21. The average Bonchev–Trinajstić information content (AvgIpc) is 3.02. The summed E-state index contributed by atoms with van der Waals surface area (Å²) in [6.45, 7) is 0. The van der Waals surface area contributed by atoms with Crippen LogP contribution in [-0.2, 0) is 11.2 Å². The van der Waals surface area contributed by atoms with E-state index in [0.29, 0.717) is 36.2 Å². The molecular formula is C12H14N4O2. The first-order chi connectivity index (χ1) is 8.83. The number of hydrogen-bond donors (Lipinski definition) is 1. The summed E-state index contributed by atoms with van der Waals surface area (Å²) in [5.74, 6) is 1.91. The van der Waals surface area contributed by atoms with Crippen LogP contribution in [0.4, 0.5) is 0 Å². The van der Waals surface area contributed by atoms with Crippen molar-refractivity contribution in [3.8, 4) is 11.6 Å². The van der Waals surface area contributed by atoms with Gasteiger partial charge in [0.1, 0.15) is 5.78 Å². The second-order valence-corrected chi connectivity index (χ2v) is 4.56. The third-order valence-electron chi connectivity index (χ3n) is 3.28. The molecule has 0 spiro atoms. The molecule has 1 aliphatic rings. The Morgan fingerprint density at radius 1 is 1.44 bits per heavy atom. The third-order valence-corrected chi connectivity index (χ3v) is 3.28. The van der Waals surface area contributed by atoms with Crippen molar-refractivity contribution >= 4 is 5.78 Å². The Morgan fingerprint density at radius 2 is 2.39 bits per heavy atom. The van der Waals surface area contributed by atoms with Crippen LogP contribution < -0.4 is 0 Å². The zero-order valence-corrected chi connectivity index (χ0v) is 9.93. The molecule has 1 unspecified atom stereocenters. The highest BCUT2D eigenvalue weighted by molar-refractivity contribution is 5.81. The number of nitrogens with one attached hydrogen (secondary N) is 1. The first-order valence-electron chi connectivity index (χ1n) is 6.18. The topological polar surface area (TPSA) is 84.7 Å². The van der Waals surface area contributed by atoms with E-state index in [2.05, 4.69) is 20.1 Å². The van der Waals surface area contributed by atoms with Gasteiger partial charge in [-0.3, -0.25) is 4.79 Å². The molecule has 1 N–H and O–H groups in total. The predicted molar refractivity (Wildman–Crippen MR) is 62.5 cm³/mol. The van der Waals surface area contributed by atoms with E-state index in [1.165, 1.54) is 0 Å². The number of carbonyl (C=O) groups is 1. The lowest BCUT2D eigenvalue weighted by atomic mass is 9.86. The number of aromatic nitrogens is 4. The fourth-order valence-electron chi connectivity index (χ4n) is 2.30. The smallest absolute Gasteiger partial charge is 0.238 e. The molecule has 1 aliphatic carbocycles. The summed E-state index contributed by atoms with van der Waals surface area (Å²) in [4.78, 5) is 23.0. The van der Waals surface area contributed by atoms with Crippen LogP contribution in [-0.4, -0.2) is 25.9 Å². The molecule has 2 aromatic rings. The van der Waals surface area contributed by atoms with E-state index in [9.17, 15) is 4.79 Å². The Kier molecular flexibility index (Phi) is 2.92. The number of Topliss-reactive ketones (excluding diaryl/α,β-unsaturated/α-hetero) is 1. The van der Waals surface area contributed by atoms with Gasteiger partial charge >= 0.3 is 0 Å². The highest BCUT2D eigenvalue weighted by Crippen LogP contribution is 2.24. The molecule has 0 aromatic carbocycles. The van der Waals surface area contributed by atoms with Crippen molar-refractivity contribution in [2.45, 2.75) is 32.1 Å². The van der Waals surface area contributed by atoms with E-state index < -0.39 is 0 Å². The Hall–Kier alpha value is -1.98. The number of ketones is 1. The Balaban J connectivity index is 1.72. The molecule has 0 radical (unpaired) electrons. The van der Waals surface area contributed by atoms with Gasteiger partial charge in [-0.25, -0.2) is 4.98 Å². The van der Waals surface area contributed by atoms with E-state index in [4.69, 9.17) is 4.52 Å². The lowest BCUT2D eigenvalue weighted by Gasteiger charge is -2.18. The number of hydrogen-bond acceptors (Lipinski definition) is 5. The van der Waals surface area contributed by atoms with Gasteiger partial charge in [-0.15, -0.1) is 0 Å². The molecule has 0 saturated heterocycles. The second-order valence-electron chi connectivity index (χ2n) is 4.56. The Labute approximate surface area is 104 Å². The summed E-state index contributed by atoms with van der Waals surface area (Å²) >= 11 is 0. The minimum Gasteiger partial charge on any atom is -0.342 e. The van der Waals surface area contributed by atoms with Crippen LogP contribution in [0.3, 0.4) is 0 Å². The Morgan fingerprint density at radius 3 is 3.17 bits per heavy atom. The second kappa shape index (κ2) is 4.72. The summed E-state index contributed by atoms with van der Waals surface area (Å²) < 4.78 is 5.17. The van der Waals surface area contributed by atoms with Gasteiger partial charge in [-0.2, -0.15) is 4.98 Å². The van der Waals surface area contributed by atoms with E-state index >= 15 is 0 Å². The van der Waals surface area contributed by atoms with Gasteiger partial charge < -0.3 is 9.51 Å². The average molecular weight is 246 g/mol. The van der Waals surface area contributed by atoms with E-state index in [0.717, 1.165) is 19.3 Å². The number of carbonyl (C=O) groups excluding carboxylic acids is 1. The molecule has 3 rings (SSSR count). The maximum Gasteiger partial charge on any atom is 0.238 e. The molecular weight excluding hydrogens is 232 g/mol. The molecule has 1 atom stereocenters. The largest absolute Gasteiger partial charge is 0.342 e. The summed E-state index contributed by atoms with van der Waals surface area (Å²) in [6, 6.07) is 0. The van der Waals surface area contributed by atoms with Crippen LogP contribution in [0.25, 0.3) is 11.6 Å². The van der Waals surface area contributed by atoms with Gasteiger partial charge in [-0.05, 0) is 12.8 Å². The van der Waals surface area contributed by atoms with Gasteiger partial charge in [0.05, 0.1) is 0 Å². The van der Waals surface area contributed by atoms with Gasteiger partial charge in [0, 0.05) is 31.2 Å². The van der Waals surface area contributed by atoms with Crippen LogP contribution in [0.15, 0.2) is 16.9 Å². The van der Waals surface area contributed by atoms with Crippen LogP contribution in [0.1, 0.15) is 31.6 Å². The predicted octanol–water partition coefficient (Wildman–Crippen LogP) is 1.76. The molecule has 6 nitrogen and oxygen atoms in total. The number of rotatable bonds is 3. The molecule has 2 heterocycles. The van der Waals surface area contributed by atoms with Crippen molar-refractivity contribution in [2.75, 3.05) is 0 Å². The number of aromatic amines is 1. The maximum atomic E-state index is 11.7. The minimum absolute atomic E-state index is 0.0450. The van der Waals surface area contributed by atoms with E-state index in [1.807, 2.05) is 0 Å². The molecule has 0 amide bonds. The standard InChI is InChI=1S/C12H14N4O2/c17-9-4-2-1-3-8(9)7-10-15-12(16-18-10)11-13-5-6-14-11/h5-6,8H,1-4,7H2,(H,13,14). The van der Waals surface area contributed by atoms with Crippen molar-refractivity contribution in [3.05, 3.63) is 18.3 Å². The number of H-pyrrole nitrogens is 1. The van der Waals surface area contributed by atoms with Crippen LogP contribution >= 0.6 is 0 Å². The summed E-state index contributed by atoms with van der Waals surface area (Å²) in [6.07, 6.45) is 7.62. The van der Waals surface area contributed by atoms with Crippen LogP contribution in [0, 0.1) is 5.92 Å². The lowest BCUT2D eigenvalue weighted by molar-refractivity contribution is -0.124. The van der Waals surface area contributed by atoms with Gasteiger partial charge in [-0.1, -0.05) is 11.6 Å². The summed E-state index contributed by atoms with van der Waals surface area (Å²) in [5.41, 5.74) is 0. The van der Waals surface area contributed by atoms with Crippen LogP contribution in [0.2, 0.25) is 0 Å². The molecule has 1 fully saturated rings. The number of nitrogens with zero attached hydrogens (tertiary/aromatic N) is 3. The quantitative estimate of drug-likeness (QED) is 0.891. The van der Waals surface area contributed by atoms with Crippen LogP contribution in [0.5, 0.6) is 0 Å². The maximum absolute atomic E-state index is 11.7.